The zero-order valence-corrected chi connectivity index (χ0v) is 9.97. The van der Waals surface area contributed by atoms with Crippen LogP contribution in [-0.4, -0.2) is 30.4 Å². The molecule has 0 N–H and O–H groups in total. The molecule has 0 saturated carbocycles. The lowest BCUT2D eigenvalue weighted by Gasteiger charge is -2.20. The Kier molecular flexibility index (Phi) is 2.15. The van der Waals surface area contributed by atoms with Crippen LogP contribution in [0.25, 0.3) is 0 Å². The number of carbonyl (C=O) groups excluding carboxylic acids is 1. The zero-order valence-electron chi connectivity index (χ0n) is 9.97. The van der Waals surface area contributed by atoms with Crippen LogP contribution in [0.15, 0.2) is 29.0 Å². The lowest BCUT2D eigenvalue weighted by atomic mass is 9.83. The molecule has 4 nitrogen and oxygen atoms in total. The van der Waals surface area contributed by atoms with Crippen LogP contribution in [0.1, 0.15) is 13.8 Å². The fourth-order valence-electron chi connectivity index (χ4n) is 2.32. The molecule has 4 heteroatoms. The van der Waals surface area contributed by atoms with Gasteiger partial charge in [0.1, 0.15) is 19.1 Å². The van der Waals surface area contributed by atoms with E-state index in [4.69, 9.17) is 9.47 Å². The first-order chi connectivity index (χ1) is 8.07. The van der Waals surface area contributed by atoms with E-state index in [0.717, 1.165) is 5.57 Å². The maximum atomic E-state index is 12.3. The van der Waals surface area contributed by atoms with Gasteiger partial charge in [-0.1, -0.05) is 12.2 Å². The second-order valence-electron chi connectivity index (χ2n) is 5.29. The van der Waals surface area contributed by atoms with Crippen LogP contribution < -0.4 is 0 Å². The van der Waals surface area contributed by atoms with Crippen molar-refractivity contribution in [1.29, 1.82) is 0 Å². The number of carbonyl (C=O) groups is 1. The number of aliphatic imine (C=N–C) groups is 1. The monoisotopic (exact) mass is 233 g/mol. The molecule has 3 aliphatic rings. The molecular formula is C13H15NO3. The van der Waals surface area contributed by atoms with E-state index in [1.54, 1.807) is 6.26 Å². The summed E-state index contributed by atoms with van der Waals surface area (Å²) in [5.41, 5.74) is 0.746. The van der Waals surface area contributed by atoms with Crippen LogP contribution in [0.5, 0.6) is 0 Å². The number of hydrogen-bond donors (Lipinski definition) is 0. The number of Topliss-reactive ketones (excluding diaryl/α,β-unsaturated/α-hetero) is 1. The molecule has 1 aliphatic carbocycles. The van der Waals surface area contributed by atoms with Gasteiger partial charge in [-0.05, 0) is 13.8 Å². The quantitative estimate of drug-likeness (QED) is 0.689. The molecule has 2 atom stereocenters. The van der Waals surface area contributed by atoms with Crippen molar-refractivity contribution < 1.29 is 14.3 Å². The summed E-state index contributed by atoms with van der Waals surface area (Å²) < 4.78 is 10.7. The predicted molar refractivity (Wildman–Crippen MR) is 62.6 cm³/mol. The van der Waals surface area contributed by atoms with E-state index < -0.39 is 0 Å². The van der Waals surface area contributed by atoms with Crippen molar-refractivity contribution in [2.75, 3.05) is 13.2 Å². The molecule has 2 unspecified atom stereocenters. The standard InChI is InChI=1S/C13H15NO3/c1-13(2)7-17-12(14-13)9-4-3-8-5-16-6-10(8)11(9)15/h3-5,9-10H,6-7H2,1-2H3. The van der Waals surface area contributed by atoms with Gasteiger partial charge in [0, 0.05) is 5.57 Å². The van der Waals surface area contributed by atoms with E-state index in [2.05, 4.69) is 4.99 Å². The minimum absolute atomic E-state index is 0.132. The average Bonchev–Trinajstić information content (AvgIpc) is 2.85. The molecule has 17 heavy (non-hydrogen) atoms. The van der Waals surface area contributed by atoms with Crippen LogP contribution in [-0.2, 0) is 14.3 Å². The summed E-state index contributed by atoms with van der Waals surface area (Å²) >= 11 is 0. The summed E-state index contributed by atoms with van der Waals surface area (Å²) in [6.07, 6.45) is 5.47. The molecular weight excluding hydrogens is 218 g/mol. The van der Waals surface area contributed by atoms with Gasteiger partial charge in [-0.15, -0.1) is 0 Å². The molecule has 0 bridgehead atoms. The fraction of sp³-hybridized carbons (Fsp3) is 0.538. The fourth-order valence-corrected chi connectivity index (χ4v) is 2.32. The Balaban J connectivity index is 1.89. The molecule has 0 aromatic carbocycles. The van der Waals surface area contributed by atoms with E-state index >= 15 is 0 Å². The third-order valence-electron chi connectivity index (χ3n) is 3.27. The van der Waals surface area contributed by atoms with E-state index in [9.17, 15) is 4.79 Å². The van der Waals surface area contributed by atoms with Crippen molar-refractivity contribution in [1.82, 2.24) is 0 Å². The van der Waals surface area contributed by atoms with Crippen molar-refractivity contribution in [3.63, 3.8) is 0 Å². The smallest absolute Gasteiger partial charge is 0.198 e. The molecule has 0 aromatic heterocycles. The number of nitrogens with zero attached hydrogens (tertiary/aromatic N) is 1. The molecule has 2 aliphatic heterocycles. The molecule has 0 saturated heterocycles. The van der Waals surface area contributed by atoms with E-state index in [-0.39, 0.29) is 23.2 Å². The number of fused-ring (bicyclic) bond motifs is 1. The lowest BCUT2D eigenvalue weighted by Crippen LogP contribution is -2.32. The first-order valence-corrected chi connectivity index (χ1v) is 5.83. The summed E-state index contributed by atoms with van der Waals surface area (Å²) in [6, 6.07) is 0. The Morgan fingerprint density at radius 2 is 2.29 bits per heavy atom. The summed E-state index contributed by atoms with van der Waals surface area (Å²) in [4.78, 5) is 16.7. The third kappa shape index (κ3) is 1.68. The number of allylic oxidation sites excluding steroid dienone is 1. The molecule has 0 amide bonds. The van der Waals surface area contributed by atoms with Crippen molar-refractivity contribution in [3.8, 4) is 0 Å². The molecule has 0 spiro atoms. The Morgan fingerprint density at radius 3 is 3.00 bits per heavy atom. The van der Waals surface area contributed by atoms with Crippen LogP contribution in [0, 0.1) is 11.8 Å². The average molecular weight is 233 g/mol. The van der Waals surface area contributed by atoms with E-state index in [1.165, 1.54) is 0 Å². The van der Waals surface area contributed by atoms with Crippen molar-refractivity contribution in [2.45, 2.75) is 19.4 Å². The summed E-state index contributed by atoms with van der Waals surface area (Å²) in [7, 11) is 0. The van der Waals surface area contributed by atoms with E-state index in [1.807, 2.05) is 26.0 Å². The first kappa shape index (κ1) is 10.6. The summed E-state index contributed by atoms with van der Waals surface area (Å²) in [5.74, 6) is 0.218. The Bertz CT molecular complexity index is 459. The van der Waals surface area contributed by atoms with E-state index in [0.29, 0.717) is 19.1 Å². The second-order valence-corrected chi connectivity index (χ2v) is 5.29. The Labute approximate surface area is 100 Å². The highest BCUT2D eigenvalue weighted by molar-refractivity contribution is 6.07. The van der Waals surface area contributed by atoms with Gasteiger partial charge < -0.3 is 9.47 Å². The normalized spacial score (nSPS) is 33.6. The van der Waals surface area contributed by atoms with Crippen LogP contribution in [0.2, 0.25) is 0 Å². The van der Waals surface area contributed by atoms with Gasteiger partial charge in [0.15, 0.2) is 11.7 Å². The van der Waals surface area contributed by atoms with Crippen molar-refractivity contribution in [3.05, 3.63) is 24.0 Å². The maximum absolute atomic E-state index is 12.3. The zero-order chi connectivity index (χ0) is 12.0. The maximum Gasteiger partial charge on any atom is 0.198 e. The minimum atomic E-state index is -0.333. The Morgan fingerprint density at radius 1 is 1.47 bits per heavy atom. The van der Waals surface area contributed by atoms with Crippen molar-refractivity contribution in [2.24, 2.45) is 16.8 Å². The van der Waals surface area contributed by atoms with Gasteiger partial charge >= 0.3 is 0 Å². The molecule has 2 heterocycles. The largest absolute Gasteiger partial charge is 0.500 e. The number of hydrogen-bond acceptors (Lipinski definition) is 4. The highest BCUT2D eigenvalue weighted by atomic mass is 16.5. The highest BCUT2D eigenvalue weighted by Crippen LogP contribution is 2.32. The van der Waals surface area contributed by atoms with Crippen LogP contribution >= 0.6 is 0 Å². The summed E-state index contributed by atoms with van der Waals surface area (Å²) in [5, 5.41) is 0. The minimum Gasteiger partial charge on any atom is -0.500 e. The molecule has 90 valence electrons. The third-order valence-corrected chi connectivity index (χ3v) is 3.27. The van der Waals surface area contributed by atoms with Gasteiger partial charge in [-0.3, -0.25) is 4.79 Å². The van der Waals surface area contributed by atoms with Gasteiger partial charge in [-0.2, -0.15) is 0 Å². The number of ketones is 1. The first-order valence-electron chi connectivity index (χ1n) is 5.83. The van der Waals surface area contributed by atoms with Crippen LogP contribution in [0.3, 0.4) is 0 Å². The van der Waals surface area contributed by atoms with Gasteiger partial charge in [-0.25, -0.2) is 4.99 Å². The lowest BCUT2D eigenvalue weighted by molar-refractivity contribution is -0.123. The molecule has 3 rings (SSSR count). The predicted octanol–water partition coefficient (Wildman–Crippen LogP) is 1.48. The number of rotatable bonds is 1. The topological polar surface area (TPSA) is 47.9 Å². The molecule has 0 radical (unpaired) electrons. The second kappa shape index (κ2) is 3.45. The molecule has 0 fully saturated rings. The molecule has 0 aromatic rings. The highest BCUT2D eigenvalue weighted by Gasteiger charge is 2.40. The Hall–Kier alpha value is -1.58. The van der Waals surface area contributed by atoms with Gasteiger partial charge in [0.05, 0.1) is 17.7 Å². The van der Waals surface area contributed by atoms with Crippen molar-refractivity contribution >= 4 is 11.7 Å². The van der Waals surface area contributed by atoms with Gasteiger partial charge in [0.25, 0.3) is 0 Å². The van der Waals surface area contributed by atoms with Crippen LogP contribution in [0.4, 0.5) is 0 Å². The SMILES string of the molecule is CC1(C)COC(C2C=CC3=COCC3C2=O)=N1. The number of ether oxygens (including phenoxy) is 2. The van der Waals surface area contributed by atoms with Gasteiger partial charge in [0.2, 0.25) is 0 Å². The summed E-state index contributed by atoms with van der Waals surface area (Å²) in [6.45, 7) is 5.00.